The fraction of sp³-hybridized carbons (Fsp3) is 0.733. The lowest BCUT2D eigenvalue weighted by atomic mass is 9.95. The van der Waals surface area contributed by atoms with E-state index in [-0.39, 0.29) is 24.2 Å². The number of carbonyl (C=O) groups excluding carboxylic acids is 1. The Morgan fingerprint density at radius 3 is 2.90 bits per heavy atom. The van der Waals surface area contributed by atoms with Gasteiger partial charge in [0.1, 0.15) is 5.82 Å². The summed E-state index contributed by atoms with van der Waals surface area (Å²) in [5, 5.41) is 7.44. The third-order valence-corrected chi connectivity index (χ3v) is 4.91. The van der Waals surface area contributed by atoms with E-state index in [1.165, 1.54) is 12.8 Å². The van der Waals surface area contributed by atoms with Crippen molar-refractivity contribution in [2.45, 2.75) is 45.1 Å². The van der Waals surface area contributed by atoms with Crippen LogP contribution in [0.5, 0.6) is 0 Å². The normalized spacial score (nSPS) is 26.2. The van der Waals surface area contributed by atoms with Crippen molar-refractivity contribution in [1.82, 2.24) is 9.78 Å². The van der Waals surface area contributed by atoms with Crippen molar-refractivity contribution in [1.29, 1.82) is 0 Å². The highest BCUT2D eigenvalue weighted by atomic mass is 35.5. The molecule has 21 heavy (non-hydrogen) atoms. The first-order valence-electron chi connectivity index (χ1n) is 7.75. The summed E-state index contributed by atoms with van der Waals surface area (Å²) in [5.74, 6) is 2.07. The van der Waals surface area contributed by atoms with Gasteiger partial charge in [-0.1, -0.05) is 6.42 Å². The van der Waals surface area contributed by atoms with Crippen molar-refractivity contribution in [3.05, 3.63) is 12.3 Å². The Balaban J connectivity index is 0.00000161. The molecule has 2 aliphatic rings. The maximum Gasteiger partial charge on any atom is 0.228 e. The van der Waals surface area contributed by atoms with Crippen LogP contribution < -0.4 is 11.1 Å². The van der Waals surface area contributed by atoms with Crippen molar-refractivity contribution in [3.63, 3.8) is 0 Å². The van der Waals surface area contributed by atoms with E-state index < -0.39 is 0 Å². The van der Waals surface area contributed by atoms with Crippen LogP contribution in [-0.2, 0) is 4.79 Å². The van der Waals surface area contributed by atoms with Crippen LogP contribution in [0, 0.1) is 17.8 Å². The largest absolute Gasteiger partial charge is 0.330 e. The van der Waals surface area contributed by atoms with Gasteiger partial charge in [-0.05, 0) is 51.0 Å². The SMILES string of the molecule is CC(C1CC1)n1nccc1NC(=O)[C@@H]1CCC[C@@H]1CN.Cl. The maximum atomic E-state index is 12.4. The average molecular weight is 313 g/mol. The molecule has 0 bridgehead atoms. The lowest BCUT2D eigenvalue weighted by Crippen LogP contribution is -2.30. The van der Waals surface area contributed by atoms with Gasteiger partial charge in [0.05, 0.1) is 12.2 Å². The fourth-order valence-corrected chi connectivity index (χ4v) is 3.40. The molecule has 0 spiro atoms. The van der Waals surface area contributed by atoms with Gasteiger partial charge >= 0.3 is 0 Å². The van der Waals surface area contributed by atoms with E-state index in [9.17, 15) is 4.79 Å². The molecule has 2 aliphatic carbocycles. The Labute approximate surface area is 132 Å². The standard InChI is InChI=1S/C15H24N4O.ClH/c1-10(11-5-6-11)19-14(7-8-17-19)18-15(20)13-4-2-3-12(13)9-16;/h7-8,10-13H,2-6,9,16H2,1H3,(H,18,20);1H/t10?,12-,13-;/m1./s1. The fourth-order valence-electron chi connectivity index (χ4n) is 3.40. The average Bonchev–Trinajstić information content (AvgIpc) is 3.01. The molecule has 118 valence electrons. The van der Waals surface area contributed by atoms with Gasteiger partial charge < -0.3 is 11.1 Å². The second-order valence-corrected chi connectivity index (χ2v) is 6.26. The molecule has 2 fully saturated rings. The molecule has 1 heterocycles. The summed E-state index contributed by atoms with van der Waals surface area (Å²) in [5.41, 5.74) is 5.76. The van der Waals surface area contributed by atoms with E-state index in [4.69, 9.17) is 5.73 Å². The monoisotopic (exact) mass is 312 g/mol. The first kappa shape index (κ1) is 16.3. The Morgan fingerprint density at radius 2 is 2.24 bits per heavy atom. The Bertz CT molecular complexity index is 486. The highest BCUT2D eigenvalue weighted by molar-refractivity contribution is 5.92. The lowest BCUT2D eigenvalue weighted by Gasteiger charge is -2.19. The summed E-state index contributed by atoms with van der Waals surface area (Å²) in [6.07, 6.45) is 7.45. The van der Waals surface area contributed by atoms with Gasteiger partial charge in [-0.2, -0.15) is 5.10 Å². The molecule has 3 atom stereocenters. The van der Waals surface area contributed by atoms with E-state index in [1.54, 1.807) is 6.20 Å². The summed E-state index contributed by atoms with van der Waals surface area (Å²) in [7, 11) is 0. The van der Waals surface area contributed by atoms with Gasteiger partial charge in [0.25, 0.3) is 0 Å². The van der Waals surface area contributed by atoms with E-state index in [2.05, 4.69) is 17.3 Å². The van der Waals surface area contributed by atoms with Crippen LogP contribution in [0.2, 0.25) is 0 Å². The lowest BCUT2D eigenvalue weighted by molar-refractivity contribution is -0.120. The highest BCUT2D eigenvalue weighted by Gasteiger charge is 2.34. The van der Waals surface area contributed by atoms with Crippen molar-refractivity contribution in [3.8, 4) is 0 Å². The van der Waals surface area contributed by atoms with E-state index in [0.29, 0.717) is 24.4 Å². The smallest absolute Gasteiger partial charge is 0.228 e. The zero-order valence-electron chi connectivity index (χ0n) is 12.5. The minimum Gasteiger partial charge on any atom is -0.330 e. The van der Waals surface area contributed by atoms with Crippen LogP contribution in [-0.4, -0.2) is 22.2 Å². The van der Waals surface area contributed by atoms with E-state index >= 15 is 0 Å². The summed E-state index contributed by atoms with van der Waals surface area (Å²) in [4.78, 5) is 12.4. The predicted molar refractivity (Wildman–Crippen MR) is 85.4 cm³/mol. The first-order chi connectivity index (χ1) is 9.70. The zero-order chi connectivity index (χ0) is 14.1. The summed E-state index contributed by atoms with van der Waals surface area (Å²) in [6.45, 7) is 2.79. The number of nitrogens with one attached hydrogen (secondary N) is 1. The summed E-state index contributed by atoms with van der Waals surface area (Å²) >= 11 is 0. The zero-order valence-corrected chi connectivity index (χ0v) is 13.3. The molecule has 5 nitrogen and oxygen atoms in total. The van der Waals surface area contributed by atoms with Crippen LogP contribution >= 0.6 is 12.4 Å². The number of hydrogen-bond donors (Lipinski definition) is 2. The van der Waals surface area contributed by atoms with Crippen LogP contribution in [0.3, 0.4) is 0 Å². The number of nitrogens with two attached hydrogens (primary N) is 1. The Hall–Kier alpha value is -1.07. The second kappa shape index (κ2) is 6.79. The van der Waals surface area contributed by atoms with Gasteiger partial charge in [0, 0.05) is 12.0 Å². The number of rotatable bonds is 5. The predicted octanol–water partition coefficient (Wildman–Crippen LogP) is 2.59. The Kier molecular flexibility index (Phi) is 5.27. The second-order valence-electron chi connectivity index (χ2n) is 6.26. The van der Waals surface area contributed by atoms with Crippen molar-refractivity contribution in [2.75, 3.05) is 11.9 Å². The molecule has 2 saturated carbocycles. The maximum absolute atomic E-state index is 12.4. The molecule has 0 aromatic carbocycles. The van der Waals surface area contributed by atoms with Crippen LogP contribution in [0.25, 0.3) is 0 Å². The van der Waals surface area contributed by atoms with Crippen molar-refractivity contribution < 1.29 is 4.79 Å². The minimum atomic E-state index is 0. The van der Waals surface area contributed by atoms with Crippen LogP contribution in [0.1, 0.15) is 45.1 Å². The molecule has 1 aromatic heterocycles. The van der Waals surface area contributed by atoms with Gasteiger partial charge in [-0.25, -0.2) is 4.68 Å². The van der Waals surface area contributed by atoms with Crippen LogP contribution in [0.15, 0.2) is 12.3 Å². The number of amides is 1. The summed E-state index contributed by atoms with van der Waals surface area (Å²) < 4.78 is 1.96. The number of aromatic nitrogens is 2. The Morgan fingerprint density at radius 1 is 1.48 bits per heavy atom. The quantitative estimate of drug-likeness (QED) is 0.877. The topological polar surface area (TPSA) is 72.9 Å². The first-order valence-corrected chi connectivity index (χ1v) is 7.75. The van der Waals surface area contributed by atoms with Gasteiger partial charge in [-0.15, -0.1) is 12.4 Å². The van der Waals surface area contributed by atoms with E-state index in [0.717, 1.165) is 25.1 Å². The number of carbonyl (C=O) groups is 1. The molecule has 1 amide bonds. The molecule has 0 radical (unpaired) electrons. The molecule has 0 saturated heterocycles. The molecule has 3 rings (SSSR count). The molecular weight excluding hydrogens is 288 g/mol. The third kappa shape index (κ3) is 3.40. The summed E-state index contributed by atoms with van der Waals surface area (Å²) in [6, 6.07) is 2.26. The molecule has 6 heteroatoms. The van der Waals surface area contributed by atoms with Crippen molar-refractivity contribution in [2.24, 2.45) is 23.5 Å². The van der Waals surface area contributed by atoms with Gasteiger partial charge in [0.15, 0.2) is 0 Å². The van der Waals surface area contributed by atoms with E-state index in [1.807, 2.05) is 10.7 Å². The number of anilines is 1. The molecule has 0 aliphatic heterocycles. The van der Waals surface area contributed by atoms with Crippen molar-refractivity contribution >= 4 is 24.1 Å². The van der Waals surface area contributed by atoms with Gasteiger partial charge in [-0.3, -0.25) is 4.79 Å². The highest BCUT2D eigenvalue weighted by Crippen LogP contribution is 2.40. The van der Waals surface area contributed by atoms with Gasteiger partial charge in [0.2, 0.25) is 5.91 Å². The number of nitrogens with zero attached hydrogens (tertiary/aromatic N) is 2. The number of halogens is 1. The molecule has 3 N–H and O–H groups in total. The van der Waals surface area contributed by atoms with Crippen LogP contribution in [0.4, 0.5) is 5.82 Å². The molecule has 1 unspecified atom stereocenters. The molecule has 1 aromatic rings. The third-order valence-electron chi connectivity index (χ3n) is 4.91. The molecular formula is C15H25ClN4O. The minimum absolute atomic E-state index is 0. The number of hydrogen-bond acceptors (Lipinski definition) is 3.